The third-order valence-corrected chi connectivity index (χ3v) is 3.76. The van der Waals surface area contributed by atoms with E-state index in [1.54, 1.807) is 0 Å². The summed E-state index contributed by atoms with van der Waals surface area (Å²) >= 11 is 5.94. The number of nitrogens with one attached hydrogen (secondary N) is 1. The molecule has 1 amide bonds. The fourth-order valence-electron chi connectivity index (χ4n) is 1.59. The summed E-state index contributed by atoms with van der Waals surface area (Å²) in [4.78, 5) is 33.6. The van der Waals surface area contributed by atoms with Crippen LogP contribution in [0.2, 0.25) is 0 Å². The van der Waals surface area contributed by atoms with Crippen LogP contribution in [0.25, 0.3) is 0 Å². The maximum atomic E-state index is 11.9. The summed E-state index contributed by atoms with van der Waals surface area (Å²) < 4.78 is -0.00589. The Morgan fingerprint density at radius 1 is 1.37 bits per heavy atom. The van der Waals surface area contributed by atoms with Crippen LogP contribution in [0.4, 0.5) is 11.4 Å². The topological polar surface area (TPSA) is 122 Å². The molecule has 0 bridgehead atoms. The lowest BCUT2D eigenvalue weighted by molar-refractivity contribution is -0.386. The highest BCUT2D eigenvalue weighted by Gasteiger charge is 2.36. The number of fused-ring (bicyclic) bond motifs is 1. The SMILES string of the molecule is O=C1Nc2cc(Br)c([N+](=O)[O-])c(Br)c2C(=O)C1=NO. The van der Waals surface area contributed by atoms with Gasteiger partial charge in [0.15, 0.2) is 0 Å². The number of hydrogen-bond acceptors (Lipinski definition) is 6. The highest BCUT2D eigenvalue weighted by molar-refractivity contribution is 9.11. The normalized spacial score (nSPS) is 16.2. The summed E-state index contributed by atoms with van der Waals surface area (Å²) in [6, 6.07) is 1.24. The van der Waals surface area contributed by atoms with Crippen molar-refractivity contribution >= 4 is 60.6 Å². The lowest BCUT2D eigenvalue weighted by Crippen LogP contribution is -2.36. The number of nitrogens with zero attached hydrogens (tertiary/aromatic N) is 2. The van der Waals surface area contributed by atoms with Gasteiger partial charge in [0.1, 0.15) is 4.47 Å². The minimum Gasteiger partial charge on any atom is -0.410 e. The monoisotopic (exact) mass is 391 g/mol. The van der Waals surface area contributed by atoms with Crippen molar-refractivity contribution in [2.45, 2.75) is 0 Å². The van der Waals surface area contributed by atoms with Crippen molar-refractivity contribution < 1.29 is 19.7 Å². The van der Waals surface area contributed by atoms with Crippen LogP contribution < -0.4 is 5.32 Å². The van der Waals surface area contributed by atoms with Crippen LogP contribution in [0.15, 0.2) is 20.2 Å². The van der Waals surface area contributed by atoms with Crippen molar-refractivity contribution in [2.75, 3.05) is 5.32 Å². The van der Waals surface area contributed by atoms with Gasteiger partial charge < -0.3 is 10.5 Å². The first-order chi connectivity index (χ1) is 8.88. The Morgan fingerprint density at radius 3 is 2.53 bits per heavy atom. The molecule has 1 heterocycles. The molecule has 0 saturated heterocycles. The Hall–Kier alpha value is -1.81. The van der Waals surface area contributed by atoms with Gasteiger partial charge in [-0.25, -0.2) is 0 Å². The van der Waals surface area contributed by atoms with Gasteiger partial charge in [-0.1, -0.05) is 5.16 Å². The summed E-state index contributed by atoms with van der Waals surface area (Å²) in [6.07, 6.45) is 0. The number of Topliss-reactive ketones (excluding diaryl/α,β-unsaturated/α-hetero) is 1. The van der Waals surface area contributed by atoms with E-state index in [4.69, 9.17) is 5.21 Å². The summed E-state index contributed by atoms with van der Waals surface area (Å²) in [5.74, 6) is -1.78. The number of benzene rings is 1. The van der Waals surface area contributed by atoms with Crippen molar-refractivity contribution in [2.24, 2.45) is 5.16 Å². The first-order valence-electron chi connectivity index (χ1n) is 4.63. The van der Waals surface area contributed by atoms with Gasteiger partial charge >= 0.3 is 0 Å². The van der Waals surface area contributed by atoms with E-state index >= 15 is 0 Å². The highest BCUT2D eigenvalue weighted by Crippen LogP contribution is 2.41. The standard InChI is InChI=1S/C9H3Br2N3O5/c10-2-1-3-4(5(11)7(2)14(18)19)8(15)6(13-17)9(16)12-3/h1,17H,(H,12,16). The van der Waals surface area contributed by atoms with Crippen molar-refractivity contribution in [1.29, 1.82) is 0 Å². The average Bonchev–Trinajstić information content (AvgIpc) is 2.27. The Bertz CT molecular complexity index is 670. The number of carbonyl (C=O) groups is 2. The molecule has 0 unspecified atom stereocenters. The van der Waals surface area contributed by atoms with Gasteiger partial charge in [0.05, 0.1) is 20.6 Å². The molecule has 0 spiro atoms. The van der Waals surface area contributed by atoms with E-state index in [1.165, 1.54) is 6.07 Å². The van der Waals surface area contributed by atoms with Crippen LogP contribution >= 0.6 is 31.9 Å². The van der Waals surface area contributed by atoms with Gasteiger partial charge in [-0.15, -0.1) is 0 Å². The molecule has 10 heteroatoms. The van der Waals surface area contributed by atoms with E-state index in [0.717, 1.165) is 0 Å². The van der Waals surface area contributed by atoms with Gasteiger partial charge in [0.25, 0.3) is 11.6 Å². The predicted molar refractivity (Wildman–Crippen MR) is 70.7 cm³/mol. The number of carbonyl (C=O) groups excluding carboxylic acids is 2. The Labute approximate surface area is 121 Å². The second-order valence-corrected chi connectivity index (χ2v) is 5.08. The largest absolute Gasteiger partial charge is 0.410 e. The predicted octanol–water partition coefficient (Wildman–Crippen LogP) is 2.08. The zero-order valence-corrected chi connectivity index (χ0v) is 12.0. The molecule has 1 aromatic carbocycles. The molecule has 0 aromatic heterocycles. The van der Waals surface area contributed by atoms with E-state index in [0.29, 0.717) is 0 Å². The molecule has 0 fully saturated rings. The van der Waals surface area contributed by atoms with Crippen molar-refractivity contribution in [1.82, 2.24) is 0 Å². The molecular weight excluding hydrogens is 390 g/mol. The molecule has 1 aliphatic heterocycles. The van der Waals surface area contributed by atoms with Crippen LogP contribution in [0.1, 0.15) is 10.4 Å². The quantitative estimate of drug-likeness (QED) is 0.430. The smallest absolute Gasteiger partial charge is 0.298 e. The molecule has 0 aliphatic carbocycles. The van der Waals surface area contributed by atoms with Gasteiger partial charge in [-0.3, -0.25) is 19.7 Å². The number of oxime groups is 1. The zero-order chi connectivity index (χ0) is 14.3. The van der Waals surface area contributed by atoms with Crippen LogP contribution in [0.3, 0.4) is 0 Å². The molecule has 0 atom stereocenters. The second kappa shape index (κ2) is 4.70. The molecule has 19 heavy (non-hydrogen) atoms. The van der Waals surface area contributed by atoms with Crippen molar-refractivity contribution in [3.63, 3.8) is 0 Å². The summed E-state index contributed by atoms with van der Waals surface area (Å²) in [5, 5.41) is 24.5. The summed E-state index contributed by atoms with van der Waals surface area (Å²) in [5.41, 5.74) is -1.14. The van der Waals surface area contributed by atoms with Crippen LogP contribution in [-0.4, -0.2) is 27.5 Å². The number of nitro groups is 1. The number of amides is 1. The van der Waals surface area contributed by atoms with E-state index < -0.39 is 22.3 Å². The number of ketones is 1. The maximum Gasteiger partial charge on any atom is 0.298 e. The Kier molecular flexibility index (Phi) is 3.37. The van der Waals surface area contributed by atoms with Crippen molar-refractivity contribution in [3.05, 3.63) is 30.7 Å². The van der Waals surface area contributed by atoms with E-state index in [-0.39, 0.29) is 25.9 Å². The minimum absolute atomic E-state index is 0.0896. The lowest BCUT2D eigenvalue weighted by atomic mass is 9.99. The van der Waals surface area contributed by atoms with Crippen LogP contribution in [-0.2, 0) is 4.79 Å². The Balaban J connectivity index is 2.79. The molecule has 0 radical (unpaired) electrons. The second-order valence-electron chi connectivity index (χ2n) is 3.43. The van der Waals surface area contributed by atoms with Crippen LogP contribution in [0, 0.1) is 10.1 Å². The fourth-order valence-corrected chi connectivity index (χ4v) is 3.18. The molecule has 2 N–H and O–H groups in total. The van der Waals surface area contributed by atoms with Gasteiger partial charge in [-0.2, -0.15) is 0 Å². The van der Waals surface area contributed by atoms with Gasteiger partial charge in [0, 0.05) is 0 Å². The first-order valence-corrected chi connectivity index (χ1v) is 6.21. The molecule has 2 rings (SSSR count). The minimum atomic E-state index is -0.899. The third kappa shape index (κ3) is 2.02. The van der Waals surface area contributed by atoms with E-state index in [9.17, 15) is 19.7 Å². The third-order valence-electron chi connectivity index (χ3n) is 2.38. The van der Waals surface area contributed by atoms with Crippen molar-refractivity contribution in [3.8, 4) is 0 Å². The highest BCUT2D eigenvalue weighted by atomic mass is 79.9. The van der Waals surface area contributed by atoms with Gasteiger partial charge in [-0.05, 0) is 37.9 Å². The molecule has 8 nitrogen and oxygen atoms in total. The zero-order valence-electron chi connectivity index (χ0n) is 8.81. The Morgan fingerprint density at radius 2 is 2.00 bits per heavy atom. The molecular formula is C9H3Br2N3O5. The van der Waals surface area contributed by atoms with E-state index in [1.807, 2.05) is 0 Å². The average molecular weight is 393 g/mol. The molecule has 1 aromatic rings. The van der Waals surface area contributed by atoms with Crippen LogP contribution in [0.5, 0.6) is 0 Å². The maximum absolute atomic E-state index is 11.9. The molecule has 98 valence electrons. The van der Waals surface area contributed by atoms with E-state index in [2.05, 4.69) is 42.3 Å². The summed E-state index contributed by atoms with van der Waals surface area (Å²) in [7, 11) is 0. The lowest BCUT2D eigenvalue weighted by Gasteiger charge is -2.18. The molecule has 1 aliphatic rings. The number of halogens is 2. The molecule has 0 saturated carbocycles. The number of anilines is 1. The number of hydrogen-bond donors (Lipinski definition) is 2. The number of nitro benzene ring substituents is 1. The fraction of sp³-hybridized carbons (Fsp3) is 0. The number of rotatable bonds is 1. The summed E-state index contributed by atoms with van der Waals surface area (Å²) in [6.45, 7) is 0. The van der Waals surface area contributed by atoms with Gasteiger partial charge in [0.2, 0.25) is 11.5 Å². The first kappa shape index (κ1) is 13.6.